The van der Waals surface area contributed by atoms with Crippen molar-refractivity contribution in [3.8, 4) is 5.95 Å². The molecule has 0 aliphatic heterocycles. The van der Waals surface area contributed by atoms with Gasteiger partial charge in [-0.25, -0.2) is 15.0 Å². The van der Waals surface area contributed by atoms with Gasteiger partial charge in [0.15, 0.2) is 5.69 Å². The Morgan fingerprint density at radius 3 is 2.91 bits per heavy atom. The minimum absolute atomic E-state index is 0.185. The lowest BCUT2D eigenvalue weighted by Gasteiger charge is -2.22. The third kappa shape index (κ3) is 2.67. The predicted octanol–water partition coefficient (Wildman–Crippen LogP) is 1.60. The zero-order valence-corrected chi connectivity index (χ0v) is 12.6. The van der Waals surface area contributed by atoms with E-state index in [2.05, 4.69) is 30.5 Å². The fourth-order valence-corrected chi connectivity index (χ4v) is 2.99. The highest BCUT2D eigenvalue weighted by atomic mass is 16.2. The van der Waals surface area contributed by atoms with Crippen LogP contribution < -0.4 is 5.32 Å². The number of hydrogen-bond donors (Lipinski definition) is 2. The molecule has 118 valence electrons. The molecule has 0 aromatic carbocycles. The van der Waals surface area contributed by atoms with Crippen LogP contribution in [0.2, 0.25) is 0 Å². The summed E-state index contributed by atoms with van der Waals surface area (Å²) in [7, 11) is 0. The molecule has 1 amide bonds. The quantitative estimate of drug-likeness (QED) is 0.765. The topological polar surface area (TPSA) is 101 Å². The molecule has 3 aromatic rings. The van der Waals surface area contributed by atoms with Crippen LogP contribution in [0, 0.1) is 0 Å². The number of aromatic nitrogens is 6. The summed E-state index contributed by atoms with van der Waals surface area (Å²) < 4.78 is 1.67. The van der Waals surface area contributed by atoms with Crippen molar-refractivity contribution in [2.45, 2.75) is 38.1 Å². The van der Waals surface area contributed by atoms with E-state index in [0.717, 1.165) is 25.7 Å². The van der Waals surface area contributed by atoms with E-state index in [4.69, 9.17) is 0 Å². The minimum Gasteiger partial charge on any atom is -0.348 e. The molecule has 1 fully saturated rings. The van der Waals surface area contributed by atoms with Gasteiger partial charge >= 0.3 is 0 Å². The van der Waals surface area contributed by atoms with E-state index in [0.29, 0.717) is 22.7 Å². The molecule has 1 aliphatic rings. The Labute approximate surface area is 132 Å². The molecule has 3 heterocycles. The van der Waals surface area contributed by atoms with E-state index in [1.165, 1.54) is 6.42 Å². The molecule has 4 rings (SSSR count). The first-order chi connectivity index (χ1) is 11.3. The van der Waals surface area contributed by atoms with Gasteiger partial charge in [-0.3, -0.25) is 14.5 Å². The van der Waals surface area contributed by atoms with E-state index < -0.39 is 0 Å². The maximum absolute atomic E-state index is 12.7. The van der Waals surface area contributed by atoms with Crippen LogP contribution in [0.4, 0.5) is 0 Å². The lowest BCUT2D eigenvalue weighted by molar-refractivity contribution is 0.0924. The van der Waals surface area contributed by atoms with Crippen LogP contribution >= 0.6 is 0 Å². The van der Waals surface area contributed by atoms with Gasteiger partial charge in [-0.1, -0.05) is 19.3 Å². The summed E-state index contributed by atoms with van der Waals surface area (Å²) in [6.07, 6.45) is 12.2. The summed E-state index contributed by atoms with van der Waals surface area (Å²) in [5, 5.41) is 9.89. The molecular weight excluding hydrogens is 294 g/mol. The number of nitrogens with zero attached hydrogens (tertiary/aromatic N) is 5. The number of rotatable bonds is 3. The normalized spacial score (nSPS) is 15.8. The first-order valence-electron chi connectivity index (χ1n) is 7.81. The van der Waals surface area contributed by atoms with Gasteiger partial charge in [0, 0.05) is 18.4 Å². The van der Waals surface area contributed by atoms with E-state index in [9.17, 15) is 4.79 Å². The van der Waals surface area contributed by atoms with E-state index in [1.807, 2.05) is 0 Å². The predicted molar refractivity (Wildman–Crippen MR) is 83.1 cm³/mol. The fraction of sp³-hybridized carbons (Fsp3) is 0.400. The van der Waals surface area contributed by atoms with Gasteiger partial charge < -0.3 is 5.32 Å². The summed E-state index contributed by atoms with van der Waals surface area (Å²) in [6, 6.07) is 0.223. The summed E-state index contributed by atoms with van der Waals surface area (Å²) >= 11 is 0. The Kier molecular flexibility index (Phi) is 3.49. The number of amides is 1. The first-order valence-corrected chi connectivity index (χ1v) is 7.81. The molecule has 23 heavy (non-hydrogen) atoms. The van der Waals surface area contributed by atoms with Crippen molar-refractivity contribution in [2.24, 2.45) is 0 Å². The Morgan fingerprint density at radius 1 is 1.26 bits per heavy atom. The lowest BCUT2D eigenvalue weighted by atomic mass is 9.95. The van der Waals surface area contributed by atoms with Crippen molar-refractivity contribution in [3.05, 3.63) is 30.6 Å². The fourth-order valence-electron chi connectivity index (χ4n) is 2.99. The summed E-state index contributed by atoms with van der Waals surface area (Å²) in [5.74, 6) is 0.222. The molecule has 0 saturated heterocycles. The lowest BCUT2D eigenvalue weighted by Crippen LogP contribution is -2.36. The van der Waals surface area contributed by atoms with E-state index >= 15 is 0 Å². The largest absolute Gasteiger partial charge is 0.348 e. The molecule has 3 aromatic heterocycles. The van der Waals surface area contributed by atoms with Gasteiger partial charge in [-0.15, -0.1) is 0 Å². The number of imidazole rings is 1. The molecule has 0 bridgehead atoms. The first kappa shape index (κ1) is 13.9. The van der Waals surface area contributed by atoms with E-state index in [-0.39, 0.29) is 11.9 Å². The molecular formula is C15H17N7O. The number of H-pyrrole nitrogens is 1. The van der Waals surface area contributed by atoms with Gasteiger partial charge in [-0.05, 0) is 12.8 Å². The Hall–Kier alpha value is -2.77. The molecule has 8 nitrogen and oxygen atoms in total. The van der Waals surface area contributed by atoms with Gasteiger partial charge in [0.2, 0.25) is 5.95 Å². The monoisotopic (exact) mass is 311 g/mol. The maximum atomic E-state index is 12.7. The molecule has 8 heteroatoms. The van der Waals surface area contributed by atoms with Crippen LogP contribution in [0.3, 0.4) is 0 Å². The number of hydrogen-bond acceptors (Lipinski definition) is 5. The highest BCUT2D eigenvalue weighted by Gasteiger charge is 2.21. The molecule has 2 N–H and O–H groups in total. The highest BCUT2D eigenvalue weighted by molar-refractivity contribution is 6.02. The molecule has 0 spiro atoms. The third-order valence-corrected chi connectivity index (χ3v) is 4.18. The zero-order valence-electron chi connectivity index (χ0n) is 12.6. The van der Waals surface area contributed by atoms with Crippen molar-refractivity contribution < 1.29 is 4.79 Å². The number of nitrogens with one attached hydrogen (secondary N) is 2. The average molecular weight is 311 g/mol. The summed E-state index contributed by atoms with van der Waals surface area (Å²) in [5.41, 5.74) is 1.49. The molecule has 0 unspecified atom stereocenters. The Balaban J connectivity index is 1.69. The maximum Gasteiger partial charge on any atom is 0.272 e. The van der Waals surface area contributed by atoms with Crippen LogP contribution in [0.15, 0.2) is 24.9 Å². The molecule has 1 aliphatic carbocycles. The van der Waals surface area contributed by atoms with Crippen LogP contribution in [0.25, 0.3) is 17.0 Å². The molecule has 0 atom stereocenters. The number of fused-ring (bicyclic) bond motifs is 1. The standard InChI is InChI=1S/C15H17N7O/c23-14(18-10-4-2-1-3-5-10)13-12-11(8-17-21-12)19-15(20-13)22-7-6-16-9-22/h6-10H,1-5H2,(H,17,21)(H,18,23). The zero-order chi connectivity index (χ0) is 15.6. The Bertz CT molecular complexity index is 818. The van der Waals surface area contributed by atoms with Crippen LogP contribution in [0.5, 0.6) is 0 Å². The minimum atomic E-state index is -0.185. The number of carbonyl (C=O) groups is 1. The van der Waals surface area contributed by atoms with Crippen molar-refractivity contribution in [2.75, 3.05) is 0 Å². The van der Waals surface area contributed by atoms with Gasteiger partial charge in [0.1, 0.15) is 17.4 Å². The number of aromatic amines is 1. The number of carbonyl (C=O) groups excluding carboxylic acids is 1. The van der Waals surface area contributed by atoms with Crippen LogP contribution in [-0.2, 0) is 0 Å². The van der Waals surface area contributed by atoms with Crippen LogP contribution in [-0.4, -0.2) is 41.7 Å². The summed E-state index contributed by atoms with van der Waals surface area (Å²) in [6.45, 7) is 0. The Morgan fingerprint density at radius 2 is 2.13 bits per heavy atom. The van der Waals surface area contributed by atoms with Gasteiger partial charge in [0.25, 0.3) is 5.91 Å². The smallest absolute Gasteiger partial charge is 0.272 e. The van der Waals surface area contributed by atoms with Crippen molar-refractivity contribution in [3.63, 3.8) is 0 Å². The van der Waals surface area contributed by atoms with Gasteiger partial charge in [0.05, 0.1) is 6.20 Å². The van der Waals surface area contributed by atoms with Crippen molar-refractivity contribution in [1.29, 1.82) is 0 Å². The van der Waals surface area contributed by atoms with Crippen LogP contribution in [0.1, 0.15) is 42.6 Å². The van der Waals surface area contributed by atoms with E-state index in [1.54, 1.807) is 29.5 Å². The average Bonchev–Trinajstić information content (AvgIpc) is 3.26. The van der Waals surface area contributed by atoms with Gasteiger partial charge in [-0.2, -0.15) is 5.10 Å². The van der Waals surface area contributed by atoms with Crippen molar-refractivity contribution in [1.82, 2.24) is 35.0 Å². The SMILES string of the molecule is O=C(NC1CCCCC1)c1nc(-n2ccnc2)nc2cn[nH]c12. The second-order valence-electron chi connectivity index (χ2n) is 5.78. The third-order valence-electron chi connectivity index (χ3n) is 4.18. The second-order valence-corrected chi connectivity index (χ2v) is 5.78. The van der Waals surface area contributed by atoms with Crippen molar-refractivity contribution >= 4 is 16.9 Å². The highest BCUT2D eigenvalue weighted by Crippen LogP contribution is 2.19. The summed E-state index contributed by atoms with van der Waals surface area (Å²) in [4.78, 5) is 25.5. The molecule has 0 radical (unpaired) electrons. The molecule has 1 saturated carbocycles. The second kappa shape index (κ2) is 5.79.